The lowest BCUT2D eigenvalue weighted by atomic mass is 10.1. The van der Waals surface area contributed by atoms with Crippen LogP contribution in [0.2, 0.25) is 0 Å². The number of hydrogen-bond donors (Lipinski definition) is 2. The second-order valence-electron chi connectivity index (χ2n) is 2.32. The van der Waals surface area contributed by atoms with Crippen LogP contribution in [0.3, 0.4) is 0 Å². The maximum absolute atomic E-state index is 10.2. The molecule has 0 rings (SSSR count). The number of carboxylic acid groups (broad SMARTS) is 2. The number of carboxylic acids is 2. The van der Waals surface area contributed by atoms with Crippen molar-refractivity contribution in [2.24, 2.45) is 0 Å². The molecular formula is C8H10O4. The third-order valence-corrected chi connectivity index (χ3v) is 1.33. The zero-order chi connectivity index (χ0) is 9.72. The Morgan fingerprint density at radius 2 is 1.17 bits per heavy atom. The van der Waals surface area contributed by atoms with E-state index in [4.69, 9.17) is 10.2 Å². The van der Waals surface area contributed by atoms with Crippen LogP contribution in [0.1, 0.15) is 12.8 Å². The number of hydrogen-bond acceptors (Lipinski definition) is 2. The van der Waals surface area contributed by atoms with Crippen molar-refractivity contribution in [1.82, 2.24) is 0 Å². The molecule has 0 bridgehead atoms. The molecule has 4 heteroatoms. The molecule has 0 aromatic carbocycles. The molecule has 66 valence electrons. The third-order valence-electron chi connectivity index (χ3n) is 1.33. The number of rotatable bonds is 5. The lowest BCUT2D eigenvalue weighted by molar-refractivity contribution is -0.134. The lowest BCUT2D eigenvalue weighted by Gasteiger charge is -1.99. The molecule has 0 spiro atoms. The molecule has 0 atom stereocenters. The highest BCUT2D eigenvalue weighted by Gasteiger charge is 2.08. The summed E-state index contributed by atoms with van der Waals surface area (Å²) in [6.45, 7) is 6.50. The van der Waals surface area contributed by atoms with Crippen LogP contribution in [0.25, 0.3) is 0 Å². The van der Waals surface area contributed by atoms with Gasteiger partial charge >= 0.3 is 11.9 Å². The predicted molar refractivity (Wildman–Crippen MR) is 42.8 cm³/mol. The van der Waals surface area contributed by atoms with Gasteiger partial charge in [-0.15, -0.1) is 0 Å². The molecule has 0 saturated heterocycles. The summed E-state index contributed by atoms with van der Waals surface area (Å²) < 4.78 is 0. The molecule has 0 fully saturated rings. The van der Waals surface area contributed by atoms with E-state index in [0.717, 1.165) is 0 Å². The Morgan fingerprint density at radius 1 is 0.917 bits per heavy atom. The Morgan fingerprint density at radius 3 is 1.33 bits per heavy atom. The summed E-state index contributed by atoms with van der Waals surface area (Å²) in [7, 11) is 0. The Balaban J connectivity index is 3.85. The quantitative estimate of drug-likeness (QED) is 0.604. The fourth-order valence-corrected chi connectivity index (χ4v) is 0.516. The van der Waals surface area contributed by atoms with E-state index in [1.807, 2.05) is 0 Å². The number of aliphatic carboxylic acids is 2. The van der Waals surface area contributed by atoms with Crippen molar-refractivity contribution >= 4 is 11.9 Å². The summed E-state index contributed by atoms with van der Waals surface area (Å²) in [5, 5.41) is 16.7. The van der Waals surface area contributed by atoms with Gasteiger partial charge in [-0.1, -0.05) is 13.2 Å². The Kier molecular flexibility index (Phi) is 3.76. The summed E-state index contributed by atoms with van der Waals surface area (Å²) >= 11 is 0. The molecule has 0 radical (unpaired) electrons. The van der Waals surface area contributed by atoms with Crippen molar-refractivity contribution in [2.75, 3.05) is 0 Å². The minimum Gasteiger partial charge on any atom is -0.478 e. The highest BCUT2D eigenvalue weighted by molar-refractivity contribution is 5.88. The Labute approximate surface area is 69.8 Å². The normalized spacial score (nSPS) is 9.00. The van der Waals surface area contributed by atoms with Crippen molar-refractivity contribution in [3.8, 4) is 0 Å². The van der Waals surface area contributed by atoms with Crippen LogP contribution in [-0.4, -0.2) is 22.2 Å². The van der Waals surface area contributed by atoms with Crippen LogP contribution in [-0.2, 0) is 9.59 Å². The van der Waals surface area contributed by atoms with Gasteiger partial charge in [0.05, 0.1) is 0 Å². The van der Waals surface area contributed by atoms with Crippen LogP contribution in [0.4, 0.5) is 0 Å². The minimum atomic E-state index is -1.10. The van der Waals surface area contributed by atoms with E-state index in [0.29, 0.717) is 0 Å². The average Bonchev–Trinajstić information content (AvgIpc) is 1.98. The van der Waals surface area contributed by atoms with Gasteiger partial charge in [0.2, 0.25) is 0 Å². The molecule has 0 saturated carbocycles. The highest BCUT2D eigenvalue weighted by atomic mass is 16.4. The summed E-state index contributed by atoms with van der Waals surface area (Å²) in [5.41, 5.74) is -0.00481. The first kappa shape index (κ1) is 10.4. The maximum Gasteiger partial charge on any atom is 0.330 e. The molecule has 0 aromatic rings. The van der Waals surface area contributed by atoms with Crippen LogP contribution >= 0.6 is 0 Å². The topological polar surface area (TPSA) is 74.6 Å². The summed E-state index contributed by atoms with van der Waals surface area (Å²) in [4.78, 5) is 20.4. The van der Waals surface area contributed by atoms with Gasteiger partial charge in [-0.2, -0.15) is 0 Å². The zero-order valence-corrected chi connectivity index (χ0v) is 6.54. The summed E-state index contributed by atoms with van der Waals surface area (Å²) in [6, 6.07) is 0. The first-order valence-electron chi connectivity index (χ1n) is 3.27. The smallest absolute Gasteiger partial charge is 0.330 e. The fraction of sp³-hybridized carbons (Fsp3) is 0.250. The molecule has 4 nitrogen and oxygen atoms in total. The SMILES string of the molecule is C=C(CCC(=C)C(=O)O)C(=O)O. The molecule has 0 aliphatic carbocycles. The minimum absolute atomic E-state index is 0.00241. The van der Waals surface area contributed by atoms with E-state index >= 15 is 0 Å². The van der Waals surface area contributed by atoms with Crippen LogP contribution < -0.4 is 0 Å². The Bertz CT molecular complexity index is 213. The molecule has 0 aliphatic rings. The standard InChI is InChI=1S/C8H10O4/c1-5(7(9)10)3-4-6(2)8(11)12/h1-4H2,(H,9,10)(H,11,12). The van der Waals surface area contributed by atoms with E-state index in [9.17, 15) is 9.59 Å². The first-order chi connectivity index (χ1) is 5.45. The van der Waals surface area contributed by atoms with Gasteiger partial charge in [0.15, 0.2) is 0 Å². The van der Waals surface area contributed by atoms with E-state index in [2.05, 4.69) is 13.2 Å². The maximum atomic E-state index is 10.2. The van der Waals surface area contributed by atoms with Gasteiger partial charge in [0.1, 0.15) is 0 Å². The Hall–Kier alpha value is -1.58. The zero-order valence-electron chi connectivity index (χ0n) is 6.54. The molecule has 12 heavy (non-hydrogen) atoms. The molecule has 0 amide bonds. The lowest BCUT2D eigenvalue weighted by Crippen LogP contribution is -2.03. The van der Waals surface area contributed by atoms with Gasteiger partial charge in [-0.05, 0) is 12.8 Å². The molecular weight excluding hydrogens is 160 g/mol. The van der Waals surface area contributed by atoms with Crippen molar-refractivity contribution < 1.29 is 19.8 Å². The molecule has 0 unspecified atom stereocenters. The third kappa shape index (κ3) is 3.55. The number of carbonyl (C=O) groups is 2. The van der Waals surface area contributed by atoms with Crippen LogP contribution in [0.5, 0.6) is 0 Å². The molecule has 0 aromatic heterocycles. The molecule has 0 heterocycles. The van der Waals surface area contributed by atoms with E-state index in [-0.39, 0.29) is 24.0 Å². The van der Waals surface area contributed by atoms with E-state index in [1.165, 1.54) is 0 Å². The largest absolute Gasteiger partial charge is 0.478 e. The van der Waals surface area contributed by atoms with Crippen molar-refractivity contribution in [1.29, 1.82) is 0 Å². The summed E-state index contributed by atoms with van der Waals surface area (Å²) in [5.74, 6) is -2.21. The van der Waals surface area contributed by atoms with Crippen molar-refractivity contribution in [3.05, 3.63) is 24.3 Å². The van der Waals surface area contributed by atoms with Gasteiger partial charge in [-0.25, -0.2) is 9.59 Å². The second kappa shape index (κ2) is 4.33. The molecule has 2 N–H and O–H groups in total. The van der Waals surface area contributed by atoms with Crippen LogP contribution in [0.15, 0.2) is 24.3 Å². The monoisotopic (exact) mass is 170 g/mol. The first-order valence-corrected chi connectivity index (χ1v) is 3.27. The van der Waals surface area contributed by atoms with E-state index in [1.54, 1.807) is 0 Å². The van der Waals surface area contributed by atoms with Crippen LogP contribution in [0, 0.1) is 0 Å². The van der Waals surface area contributed by atoms with Gasteiger partial charge in [0, 0.05) is 11.1 Å². The van der Waals surface area contributed by atoms with E-state index < -0.39 is 11.9 Å². The average molecular weight is 170 g/mol. The van der Waals surface area contributed by atoms with Gasteiger partial charge in [0.25, 0.3) is 0 Å². The van der Waals surface area contributed by atoms with Crippen molar-refractivity contribution in [2.45, 2.75) is 12.8 Å². The fourth-order valence-electron chi connectivity index (χ4n) is 0.516. The predicted octanol–water partition coefficient (Wildman–Crippen LogP) is 1.05. The highest BCUT2D eigenvalue weighted by Crippen LogP contribution is 2.08. The van der Waals surface area contributed by atoms with Gasteiger partial charge < -0.3 is 10.2 Å². The molecule has 0 aliphatic heterocycles. The van der Waals surface area contributed by atoms with Crippen molar-refractivity contribution in [3.63, 3.8) is 0 Å². The van der Waals surface area contributed by atoms with Gasteiger partial charge in [-0.3, -0.25) is 0 Å². The summed E-state index contributed by atoms with van der Waals surface area (Å²) in [6.07, 6.45) is 0.251. The second-order valence-corrected chi connectivity index (χ2v) is 2.32.